The van der Waals surface area contributed by atoms with Crippen molar-refractivity contribution in [2.24, 2.45) is 0 Å². The van der Waals surface area contributed by atoms with Gasteiger partial charge in [-0.1, -0.05) is 18.2 Å². The highest BCUT2D eigenvalue weighted by Gasteiger charge is 2.12. The van der Waals surface area contributed by atoms with Gasteiger partial charge in [0.1, 0.15) is 5.82 Å². The Bertz CT molecular complexity index is 801. The third-order valence-corrected chi connectivity index (χ3v) is 3.29. The van der Waals surface area contributed by atoms with Crippen molar-refractivity contribution in [3.8, 4) is 0 Å². The monoisotopic (exact) mass is 329 g/mol. The summed E-state index contributed by atoms with van der Waals surface area (Å²) in [6.45, 7) is 2.48. The summed E-state index contributed by atoms with van der Waals surface area (Å²) < 4.78 is 18.3. The molecule has 0 saturated heterocycles. The number of benzene rings is 2. The van der Waals surface area contributed by atoms with E-state index in [2.05, 4.69) is 5.32 Å². The van der Waals surface area contributed by atoms with Crippen molar-refractivity contribution in [2.45, 2.75) is 13.8 Å². The lowest BCUT2D eigenvalue weighted by Gasteiger charge is -2.08. The van der Waals surface area contributed by atoms with Crippen LogP contribution in [0.15, 0.2) is 42.5 Å². The second kappa shape index (κ2) is 7.50. The molecule has 0 heterocycles. The summed E-state index contributed by atoms with van der Waals surface area (Å²) in [5.74, 6) is -1.92. The van der Waals surface area contributed by atoms with Crippen LogP contribution in [0, 0.1) is 12.7 Å². The van der Waals surface area contributed by atoms with E-state index in [-0.39, 0.29) is 17.0 Å². The lowest BCUT2D eigenvalue weighted by Crippen LogP contribution is -2.21. The molecule has 0 aliphatic heterocycles. The number of carbonyl (C=O) groups excluding carboxylic acids is 3. The summed E-state index contributed by atoms with van der Waals surface area (Å²) in [5, 5.41) is 2.44. The van der Waals surface area contributed by atoms with Gasteiger partial charge in [-0.05, 0) is 43.7 Å². The maximum atomic E-state index is 13.4. The molecule has 0 unspecified atom stereocenters. The molecule has 124 valence electrons. The highest BCUT2D eigenvalue weighted by Crippen LogP contribution is 2.13. The molecule has 0 aliphatic carbocycles. The largest absolute Gasteiger partial charge is 0.452 e. The molecule has 0 radical (unpaired) electrons. The summed E-state index contributed by atoms with van der Waals surface area (Å²) in [5.41, 5.74) is 1.29. The molecule has 0 saturated carbocycles. The van der Waals surface area contributed by atoms with Crippen molar-refractivity contribution in [1.29, 1.82) is 0 Å². The summed E-state index contributed by atoms with van der Waals surface area (Å²) in [6.07, 6.45) is 0. The standard InChI is InChI=1S/C18H16FNO4/c1-11-6-7-15(9-16(11)19)20-17(22)10-24-18(23)14-5-3-4-13(8-14)12(2)21/h3-9H,10H2,1-2H3,(H,20,22). The summed E-state index contributed by atoms with van der Waals surface area (Å²) >= 11 is 0. The molecule has 0 bridgehead atoms. The van der Waals surface area contributed by atoms with Gasteiger partial charge in [0.25, 0.3) is 5.91 Å². The number of halogens is 1. The van der Waals surface area contributed by atoms with Gasteiger partial charge in [0.15, 0.2) is 12.4 Å². The zero-order valence-electron chi connectivity index (χ0n) is 13.3. The lowest BCUT2D eigenvalue weighted by atomic mass is 10.1. The van der Waals surface area contributed by atoms with E-state index >= 15 is 0 Å². The van der Waals surface area contributed by atoms with Crippen molar-refractivity contribution in [3.63, 3.8) is 0 Å². The average molecular weight is 329 g/mol. The van der Waals surface area contributed by atoms with E-state index in [4.69, 9.17) is 4.74 Å². The van der Waals surface area contributed by atoms with Crippen molar-refractivity contribution in [2.75, 3.05) is 11.9 Å². The minimum atomic E-state index is -0.719. The second-order valence-corrected chi connectivity index (χ2v) is 5.23. The van der Waals surface area contributed by atoms with E-state index in [1.807, 2.05) is 0 Å². The number of hydrogen-bond donors (Lipinski definition) is 1. The predicted octanol–water partition coefficient (Wildman–Crippen LogP) is 3.13. The molecule has 2 aromatic carbocycles. The molecular weight excluding hydrogens is 313 g/mol. The van der Waals surface area contributed by atoms with Crippen LogP contribution in [-0.2, 0) is 9.53 Å². The zero-order chi connectivity index (χ0) is 17.7. The number of rotatable bonds is 5. The molecule has 2 rings (SSSR count). The molecule has 0 aromatic heterocycles. The van der Waals surface area contributed by atoms with Crippen LogP contribution in [-0.4, -0.2) is 24.3 Å². The minimum absolute atomic E-state index is 0.177. The summed E-state index contributed by atoms with van der Waals surface area (Å²) in [6, 6.07) is 10.3. The van der Waals surface area contributed by atoms with E-state index in [1.54, 1.807) is 25.1 Å². The van der Waals surface area contributed by atoms with Crippen LogP contribution in [0.5, 0.6) is 0 Å². The van der Waals surface area contributed by atoms with Gasteiger partial charge in [-0.3, -0.25) is 9.59 Å². The van der Waals surface area contributed by atoms with E-state index in [1.165, 1.54) is 31.2 Å². The molecular formula is C18H16FNO4. The fourth-order valence-electron chi connectivity index (χ4n) is 1.95. The Balaban J connectivity index is 1.93. The van der Waals surface area contributed by atoms with Crippen molar-refractivity contribution >= 4 is 23.3 Å². The van der Waals surface area contributed by atoms with Crippen LogP contribution in [0.3, 0.4) is 0 Å². The summed E-state index contributed by atoms with van der Waals surface area (Å²) in [4.78, 5) is 35.0. The van der Waals surface area contributed by atoms with E-state index in [0.717, 1.165) is 0 Å². The van der Waals surface area contributed by atoms with E-state index < -0.39 is 24.3 Å². The fourth-order valence-corrected chi connectivity index (χ4v) is 1.95. The number of hydrogen-bond acceptors (Lipinski definition) is 4. The first-order valence-corrected chi connectivity index (χ1v) is 7.21. The maximum absolute atomic E-state index is 13.4. The third-order valence-electron chi connectivity index (χ3n) is 3.29. The Kier molecular flexibility index (Phi) is 5.42. The Morgan fingerprint density at radius 1 is 1.08 bits per heavy atom. The fraction of sp³-hybridized carbons (Fsp3) is 0.167. The number of Topliss-reactive ketones (excluding diaryl/α,β-unsaturated/α-hetero) is 1. The molecule has 0 atom stereocenters. The van der Waals surface area contributed by atoms with Crippen LogP contribution in [0.2, 0.25) is 0 Å². The number of nitrogens with one attached hydrogen (secondary N) is 1. The van der Waals surface area contributed by atoms with Crippen molar-refractivity contribution < 1.29 is 23.5 Å². The molecule has 0 spiro atoms. The molecule has 0 aliphatic rings. The van der Waals surface area contributed by atoms with Gasteiger partial charge < -0.3 is 10.1 Å². The SMILES string of the molecule is CC(=O)c1cccc(C(=O)OCC(=O)Nc2ccc(C)c(F)c2)c1. The Hall–Kier alpha value is -3.02. The number of amides is 1. The Labute approximate surface area is 138 Å². The normalized spacial score (nSPS) is 10.1. The number of ketones is 1. The van der Waals surface area contributed by atoms with Gasteiger partial charge in [0.05, 0.1) is 5.56 Å². The smallest absolute Gasteiger partial charge is 0.338 e. The molecule has 24 heavy (non-hydrogen) atoms. The van der Waals surface area contributed by atoms with Gasteiger partial charge >= 0.3 is 5.97 Å². The van der Waals surface area contributed by atoms with Crippen LogP contribution in [0.25, 0.3) is 0 Å². The first-order valence-electron chi connectivity index (χ1n) is 7.21. The van der Waals surface area contributed by atoms with Crippen molar-refractivity contribution in [3.05, 3.63) is 65.0 Å². The van der Waals surface area contributed by atoms with E-state index in [9.17, 15) is 18.8 Å². The van der Waals surface area contributed by atoms with Gasteiger partial charge in [-0.2, -0.15) is 0 Å². The number of ether oxygens (including phenoxy) is 1. The first kappa shape index (κ1) is 17.3. The van der Waals surface area contributed by atoms with Crippen LogP contribution >= 0.6 is 0 Å². The van der Waals surface area contributed by atoms with E-state index in [0.29, 0.717) is 11.1 Å². The average Bonchev–Trinajstić information content (AvgIpc) is 2.56. The molecule has 1 N–H and O–H groups in total. The number of anilines is 1. The molecule has 1 amide bonds. The third kappa shape index (κ3) is 4.49. The minimum Gasteiger partial charge on any atom is -0.452 e. The number of aryl methyl sites for hydroxylation is 1. The Morgan fingerprint density at radius 3 is 2.46 bits per heavy atom. The number of carbonyl (C=O) groups is 3. The van der Waals surface area contributed by atoms with Crippen LogP contribution in [0.1, 0.15) is 33.2 Å². The Morgan fingerprint density at radius 2 is 1.79 bits per heavy atom. The lowest BCUT2D eigenvalue weighted by molar-refractivity contribution is -0.119. The molecule has 6 heteroatoms. The molecule has 5 nitrogen and oxygen atoms in total. The number of esters is 1. The van der Waals surface area contributed by atoms with Crippen LogP contribution in [0.4, 0.5) is 10.1 Å². The molecule has 2 aromatic rings. The quantitative estimate of drug-likeness (QED) is 0.676. The van der Waals surface area contributed by atoms with Gasteiger partial charge in [-0.15, -0.1) is 0 Å². The summed E-state index contributed by atoms with van der Waals surface area (Å²) in [7, 11) is 0. The first-order chi connectivity index (χ1) is 11.4. The van der Waals surface area contributed by atoms with Gasteiger partial charge in [0, 0.05) is 11.3 Å². The van der Waals surface area contributed by atoms with Crippen molar-refractivity contribution in [1.82, 2.24) is 0 Å². The van der Waals surface area contributed by atoms with Gasteiger partial charge in [0.2, 0.25) is 0 Å². The zero-order valence-corrected chi connectivity index (χ0v) is 13.3. The second-order valence-electron chi connectivity index (χ2n) is 5.23. The topological polar surface area (TPSA) is 72.5 Å². The van der Waals surface area contributed by atoms with Crippen LogP contribution < -0.4 is 5.32 Å². The molecule has 0 fully saturated rings. The van der Waals surface area contributed by atoms with Gasteiger partial charge in [-0.25, -0.2) is 9.18 Å². The highest BCUT2D eigenvalue weighted by atomic mass is 19.1. The predicted molar refractivity (Wildman–Crippen MR) is 86.5 cm³/mol. The highest BCUT2D eigenvalue weighted by molar-refractivity contribution is 5.99. The maximum Gasteiger partial charge on any atom is 0.338 e.